The fourth-order valence-corrected chi connectivity index (χ4v) is 6.93. The van der Waals surface area contributed by atoms with Crippen LogP contribution in [0.3, 0.4) is 0 Å². The van der Waals surface area contributed by atoms with Gasteiger partial charge in [-0.3, -0.25) is 14.2 Å². The maximum atomic E-state index is 14.4. The highest BCUT2D eigenvalue weighted by atomic mass is 79.9. The standard InChI is InChI=1S/C33H28BrN3O4S/c1-5-41-32(40)26-27(20-9-7-6-8-10-20)35-33-37(28(26)21-13-11-19(12-14-21)18(2)3)31(39)29(42-33)25-23-17-22(34)15-16-24(23)36(4)30(25)38/h6-18,28H,5H2,1-4H3/b29-25-/t28-/m0/s1. The van der Waals surface area contributed by atoms with E-state index in [1.165, 1.54) is 0 Å². The Morgan fingerprint density at radius 3 is 2.43 bits per heavy atom. The van der Waals surface area contributed by atoms with E-state index in [2.05, 4.69) is 29.8 Å². The van der Waals surface area contributed by atoms with E-state index in [1.54, 1.807) is 23.4 Å². The zero-order valence-corrected chi connectivity index (χ0v) is 26.0. The van der Waals surface area contributed by atoms with E-state index < -0.39 is 12.0 Å². The van der Waals surface area contributed by atoms with Crippen LogP contribution >= 0.6 is 27.3 Å². The van der Waals surface area contributed by atoms with Crippen molar-refractivity contribution in [1.29, 1.82) is 0 Å². The smallest absolute Gasteiger partial charge is 0.338 e. The average molecular weight is 643 g/mol. The van der Waals surface area contributed by atoms with Gasteiger partial charge in [0.15, 0.2) is 4.80 Å². The summed E-state index contributed by atoms with van der Waals surface area (Å²) < 4.78 is 8.18. The second-order valence-corrected chi connectivity index (χ2v) is 12.4. The van der Waals surface area contributed by atoms with E-state index in [0.29, 0.717) is 27.6 Å². The van der Waals surface area contributed by atoms with Crippen molar-refractivity contribution >= 4 is 56.1 Å². The van der Waals surface area contributed by atoms with Crippen LogP contribution in [0, 0.1) is 0 Å². The Hall–Kier alpha value is -4.08. The fourth-order valence-electron chi connectivity index (χ4n) is 5.48. The number of carbonyl (C=O) groups excluding carboxylic acids is 2. The Balaban J connectivity index is 1.71. The zero-order valence-electron chi connectivity index (χ0n) is 23.6. The van der Waals surface area contributed by atoms with Gasteiger partial charge in [-0.2, -0.15) is 0 Å². The number of benzene rings is 3. The molecule has 0 unspecified atom stereocenters. The summed E-state index contributed by atoms with van der Waals surface area (Å²) in [6.07, 6.45) is 0. The predicted octanol–water partition coefficient (Wildman–Crippen LogP) is 5.17. The second kappa shape index (κ2) is 11.0. The molecule has 3 aromatic carbocycles. The highest BCUT2D eigenvalue weighted by molar-refractivity contribution is 9.10. The molecule has 7 nitrogen and oxygen atoms in total. The first-order chi connectivity index (χ1) is 20.2. The molecule has 1 atom stereocenters. The molecular formula is C33H28BrN3O4S. The van der Waals surface area contributed by atoms with Gasteiger partial charge in [0.05, 0.1) is 35.2 Å². The van der Waals surface area contributed by atoms with Crippen LogP contribution in [0.1, 0.15) is 55.0 Å². The van der Waals surface area contributed by atoms with Gasteiger partial charge in [-0.15, -0.1) is 0 Å². The molecule has 0 spiro atoms. The summed E-state index contributed by atoms with van der Waals surface area (Å²) in [4.78, 5) is 48.5. The summed E-state index contributed by atoms with van der Waals surface area (Å²) in [5.41, 5.74) is 4.70. The van der Waals surface area contributed by atoms with Gasteiger partial charge in [0, 0.05) is 22.6 Å². The molecule has 0 fully saturated rings. The molecule has 0 bridgehead atoms. The van der Waals surface area contributed by atoms with Crippen LogP contribution < -0.4 is 19.8 Å². The van der Waals surface area contributed by atoms with E-state index in [9.17, 15) is 14.4 Å². The van der Waals surface area contributed by atoms with Crippen LogP contribution in [0.2, 0.25) is 0 Å². The summed E-state index contributed by atoms with van der Waals surface area (Å²) in [5.74, 6) is -0.492. The van der Waals surface area contributed by atoms with Crippen molar-refractivity contribution in [3.63, 3.8) is 0 Å². The van der Waals surface area contributed by atoms with E-state index in [1.807, 2.05) is 72.8 Å². The maximum absolute atomic E-state index is 14.4. The van der Waals surface area contributed by atoms with Crippen molar-refractivity contribution in [3.05, 3.63) is 125 Å². The van der Waals surface area contributed by atoms with Crippen molar-refractivity contribution < 1.29 is 14.3 Å². The topological polar surface area (TPSA) is 81.0 Å². The molecule has 2 aliphatic heterocycles. The number of fused-ring (bicyclic) bond motifs is 2. The SMILES string of the molecule is CCOC(=O)C1=C(c2ccccc2)N=c2s/c(=C3\C(=O)N(C)c4ccc(Br)cc43)c(=O)n2[C@H]1c1ccc(C(C)C)cc1. The van der Waals surface area contributed by atoms with E-state index >= 15 is 0 Å². The van der Waals surface area contributed by atoms with E-state index in [0.717, 1.165) is 38.2 Å². The molecule has 0 N–H and O–H groups in total. The molecule has 0 radical (unpaired) electrons. The van der Waals surface area contributed by atoms with Gasteiger partial charge >= 0.3 is 5.97 Å². The minimum atomic E-state index is -0.803. The lowest BCUT2D eigenvalue weighted by atomic mass is 9.91. The molecular weight excluding hydrogens is 614 g/mol. The number of amides is 1. The van der Waals surface area contributed by atoms with Crippen molar-refractivity contribution in [1.82, 2.24) is 4.57 Å². The molecule has 0 aliphatic carbocycles. The Kier molecular flexibility index (Phi) is 7.32. The highest BCUT2D eigenvalue weighted by Crippen LogP contribution is 2.38. The third-order valence-corrected chi connectivity index (χ3v) is 9.15. The summed E-state index contributed by atoms with van der Waals surface area (Å²) >= 11 is 4.67. The van der Waals surface area contributed by atoms with Crippen LogP contribution in [0.25, 0.3) is 11.3 Å². The first kappa shape index (κ1) is 28.1. The Labute approximate surface area is 255 Å². The minimum Gasteiger partial charge on any atom is -0.463 e. The summed E-state index contributed by atoms with van der Waals surface area (Å²) in [6, 6.07) is 22.1. The number of aromatic nitrogens is 1. The van der Waals surface area contributed by atoms with E-state index in [4.69, 9.17) is 9.73 Å². The number of likely N-dealkylation sites (N-methyl/N-ethyl adjacent to an activating group) is 1. The summed E-state index contributed by atoms with van der Waals surface area (Å²) in [5, 5.41) is 0. The second-order valence-electron chi connectivity index (χ2n) is 10.5. The Morgan fingerprint density at radius 2 is 1.76 bits per heavy atom. The van der Waals surface area contributed by atoms with Crippen LogP contribution in [0.5, 0.6) is 0 Å². The maximum Gasteiger partial charge on any atom is 0.338 e. The zero-order chi connectivity index (χ0) is 29.7. The van der Waals surface area contributed by atoms with Crippen molar-refractivity contribution in [2.24, 2.45) is 4.99 Å². The number of anilines is 1. The number of hydrogen-bond acceptors (Lipinski definition) is 6. The lowest BCUT2D eigenvalue weighted by Crippen LogP contribution is -2.40. The molecule has 6 rings (SSSR count). The number of thiazole rings is 1. The molecule has 3 heterocycles. The largest absolute Gasteiger partial charge is 0.463 e. The van der Waals surface area contributed by atoms with Gasteiger partial charge in [0.25, 0.3) is 11.5 Å². The molecule has 212 valence electrons. The van der Waals surface area contributed by atoms with E-state index in [-0.39, 0.29) is 28.2 Å². The molecule has 9 heteroatoms. The quantitative estimate of drug-likeness (QED) is 0.282. The fraction of sp³-hybridized carbons (Fsp3) is 0.212. The molecule has 1 aromatic heterocycles. The molecule has 1 amide bonds. The number of esters is 1. The van der Waals surface area contributed by atoms with Crippen molar-refractivity contribution in [3.8, 4) is 0 Å². The average Bonchev–Trinajstić information content (AvgIpc) is 3.44. The number of halogens is 1. The first-order valence-corrected chi connectivity index (χ1v) is 15.3. The third-order valence-electron chi connectivity index (χ3n) is 7.60. The van der Waals surface area contributed by atoms with Gasteiger partial charge < -0.3 is 9.64 Å². The lowest BCUT2D eigenvalue weighted by Gasteiger charge is -2.26. The number of ether oxygens (including phenoxy) is 1. The van der Waals surface area contributed by atoms with Crippen molar-refractivity contribution in [2.45, 2.75) is 32.7 Å². The van der Waals surface area contributed by atoms with Crippen LogP contribution in [0.15, 0.2) is 92.6 Å². The summed E-state index contributed by atoms with van der Waals surface area (Å²) in [6.45, 7) is 6.15. The van der Waals surface area contributed by atoms with Crippen LogP contribution in [-0.2, 0) is 14.3 Å². The third kappa shape index (κ3) is 4.57. The molecule has 0 saturated heterocycles. The number of nitrogens with zero attached hydrogens (tertiary/aromatic N) is 3. The van der Waals surface area contributed by atoms with Gasteiger partial charge in [0.1, 0.15) is 4.53 Å². The van der Waals surface area contributed by atoms with Gasteiger partial charge in [-0.1, -0.05) is 95.7 Å². The van der Waals surface area contributed by atoms with Gasteiger partial charge in [-0.05, 0) is 42.2 Å². The number of rotatable bonds is 5. The monoisotopic (exact) mass is 641 g/mol. The molecule has 4 aromatic rings. The molecule has 42 heavy (non-hydrogen) atoms. The minimum absolute atomic E-state index is 0.171. The van der Waals surface area contributed by atoms with Crippen LogP contribution in [0.4, 0.5) is 5.69 Å². The van der Waals surface area contributed by atoms with Crippen molar-refractivity contribution in [2.75, 3.05) is 18.6 Å². The van der Waals surface area contributed by atoms with Gasteiger partial charge in [0.2, 0.25) is 0 Å². The Bertz CT molecular complexity index is 1960. The normalized spacial score (nSPS) is 17.3. The molecule has 0 saturated carbocycles. The first-order valence-electron chi connectivity index (χ1n) is 13.7. The lowest BCUT2D eigenvalue weighted by molar-refractivity contribution is -0.138. The highest BCUT2D eigenvalue weighted by Gasteiger charge is 2.37. The Morgan fingerprint density at radius 1 is 1.05 bits per heavy atom. The predicted molar refractivity (Wildman–Crippen MR) is 168 cm³/mol. The van der Waals surface area contributed by atoms with Crippen LogP contribution in [-0.4, -0.2) is 30.1 Å². The number of carbonyl (C=O) groups is 2. The summed E-state index contributed by atoms with van der Waals surface area (Å²) in [7, 11) is 1.70. The molecule has 2 aliphatic rings. The number of hydrogen-bond donors (Lipinski definition) is 0. The van der Waals surface area contributed by atoms with Gasteiger partial charge in [-0.25, -0.2) is 9.79 Å².